The van der Waals surface area contributed by atoms with Crippen LogP contribution in [0.3, 0.4) is 0 Å². The molecule has 10 heteroatoms. The van der Waals surface area contributed by atoms with Crippen LogP contribution in [-0.2, 0) is 16.1 Å². The van der Waals surface area contributed by atoms with Gasteiger partial charge in [-0.3, -0.25) is 9.78 Å². The first kappa shape index (κ1) is 30.8. The van der Waals surface area contributed by atoms with Gasteiger partial charge in [0.2, 0.25) is 5.91 Å². The molecule has 1 aromatic heterocycles. The van der Waals surface area contributed by atoms with Crippen LogP contribution in [0.1, 0.15) is 23.1 Å². The summed E-state index contributed by atoms with van der Waals surface area (Å²) in [5, 5.41) is 17.3. The molecule has 1 saturated heterocycles. The molecule has 0 aliphatic carbocycles. The maximum Gasteiger partial charge on any atom is 0.248 e. The molecule has 2 N–H and O–H groups in total. The second kappa shape index (κ2) is 14.2. The minimum Gasteiger partial charge on any atom is -0.487 e. The molecule has 0 spiro atoms. The van der Waals surface area contributed by atoms with E-state index in [0.29, 0.717) is 76.4 Å². The molecule has 5 rings (SSSR count). The third-order valence-corrected chi connectivity index (χ3v) is 7.41. The Morgan fingerprint density at radius 2 is 2.05 bits per heavy atom. The third-order valence-electron chi connectivity index (χ3n) is 7.11. The zero-order chi connectivity index (χ0) is 31.1. The monoisotopic (exact) mass is 611 g/mol. The normalized spacial score (nSPS) is 14.6. The number of anilines is 3. The number of nitriles is 1. The van der Waals surface area contributed by atoms with E-state index in [1.807, 2.05) is 56.3 Å². The van der Waals surface area contributed by atoms with E-state index in [0.717, 1.165) is 17.5 Å². The van der Waals surface area contributed by atoms with Crippen LogP contribution in [0.4, 0.5) is 17.1 Å². The van der Waals surface area contributed by atoms with Gasteiger partial charge in [-0.1, -0.05) is 41.9 Å². The van der Waals surface area contributed by atoms with Gasteiger partial charge in [-0.15, -0.1) is 0 Å². The van der Waals surface area contributed by atoms with E-state index in [1.54, 1.807) is 30.3 Å². The van der Waals surface area contributed by atoms with Gasteiger partial charge in [0.05, 0.1) is 40.7 Å². The van der Waals surface area contributed by atoms with Crippen molar-refractivity contribution >= 4 is 45.5 Å². The number of nitrogens with one attached hydrogen (secondary N) is 2. The number of aryl methyl sites for hydroxylation is 1. The quantitative estimate of drug-likeness (QED) is 0.182. The Labute approximate surface area is 262 Å². The van der Waals surface area contributed by atoms with Crippen LogP contribution in [0.2, 0.25) is 5.02 Å². The topological polar surface area (TPSA) is 109 Å². The second-order valence-corrected chi connectivity index (χ2v) is 11.2. The highest BCUT2D eigenvalue weighted by Crippen LogP contribution is 2.38. The summed E-state index contributed by atoms with van der Waals surface area (Å²) in [4.78, 5) is 19.3. The fraction of sp³-hybridized carbons (Fsp3) is 0.265. The summed E-state index contributed by atoms with van der Waals surface area (Å²) < 4.78 is 17.7. The van der Waals surface area contributed by atoms with Crippen LogP contribution in [0, 0.1) is 18.3 Å². The molecule has 1 amide bonds. The summed E-state index contributed by atoms with van der Waals surface area (Å²) >= 11 is 6.61. The zero-order valence-corrected chi connectivity index (χ0v) is 25.6. The highest BCUT2D eigenvalue weighted by atomic mass is 35.5. The number of amides is 1. The van der Waals surface area contributed by atoms with E-state index in [4.69, 9.17) is 25.8 Å². The lowest BCUT2D eigenvalue weighted by atomic mass is 10.1. The Balaban J connectivity index is 1.45. The number of fused-ring (bicyclic) bond motifs is 1. The molecule has 0 bridgehead atoms. The second-order valence-electron chi connectivity index (χ2n) is 10.8. The molecule has 44 heavy (non-hydrogen) atoms. The predicted octanol–water partition coefficient (Wildman–Crippen LogP) is 6.61. The number of carbonyl (C=O) groups is 1. The molecule has 0 saturated carbocycles. The molecule has 1 atom stereocenters. The number of rotatable bonds is 11. The van der Waals surface area contributed by atoms with E-state index < -0.39 is 0 Å². The molecule has 4 aromatic rings. The van der Waals surface area contributed by atoms with Crippen LogP contribution in [-0.4, -0.2) is 55.7 Å². The van der Waals surface area contributed by atoms with Crippen LogP contribution in [0.25, 0.3) is 10.9 Å². The Kier molecular flexibility index (Phi) is 9.97. The van der Waals surface area contributed by atoms with Gasteiger partial charge in [-0.05, 0) is 56.4 Å². The lowest BCUT2D eigenvalue weighted by Gasteiger charge is -2.19. The van der Waals surface area contributed by atoms with Crippen LogP contribution in [0.15, 0.2) is 72.9 Å². The summed E-state index contributed by atoms with van der Waals surface area (Å²) in [6.07, 6.45) is 5.38. The summed E-state index contributed by atoms with van der Waals surface area (Å²) in [6, 6.07) is 19.2. The number of pyridine rings is 1. The minimum absolute atomic E-state index is 0.142. The fourth-order valence-corrected chi connectivity index (χ4v) is 4.97. The number of benzene rings is 3. The average Bonchev–Trinajstić information content (AvgIpc) is 3.51. The van der Waals surface area contributed by atoms with E-state index >= 15 is 0 Å². The number of ether oxygens (including phenoxy) is 3. The SMILES string of the molecule is Cc1ccccc1COc1ccc(Nc2c(C#N)cnc3cc(O[C@H]4CCOC4)c(NC(=O)/C=C/CN(C)C)cc23)cc1Cl. The van der Waals surface area contributed by atoms with E-state index in [1.165, 1.54) is 12.3 Å². The van der Waals surface area contributed by atoms with Gasteiger partial charge in [-0.2, -0.15) is 5.26 Å². The lowest BCUT2D eigenvalue weighted by molar-refractivity contribution is -0.111. The van der Waals surface area contributed by atoms with Gasteiger partial charge < -0.3 is 29.7 Å². The van der Waals surface area contributed by atoms with Crippen molar-refractivity contribution in [3.05, 3.63) is 94.7 Å². The molecular formula is C34H34ClN5O4. The maximum atomic E-state index is 12.8. The van der Waals surface area contributed by atoms with Crippen molar-refractivity contribution < 1.29 is 19.0 Å². The minimum atomic E-state index is -0.300. The van der Waals surface area contributed by atoms with Gasteiger partial charge in [-0.25, -0.2) is 0 Å². The zero-order valence-electron chi connectivity index (χ0n) is 24.9. The van der Waals surface area contributed by atoms with Crippen molar-refractivity contribution in [2.24, 2.45) is 0 Å². The molecule has 9 nitrogen and oxygen atoms in total. The van der Waals surface area contributed by atoms with E-state index in [-0.39, 0.29) is 12.0 Å². The first-order chi connectivity index (χ1) is 21.3. The van der Waals surface area contributed by atoms with Crippen molar-refractivity contribution in [2.45, 2.75) is 26.1 Å². The molecule has 1 aliphatic heterocycles. The van der Waals surface area contributed by atoms with Gasteiger partial charge in [0.15, 0.2) is 0 Å². The molecule has 2 heterocycles. The van der Waals surface area contributed by atoms with Gasteiger partial charge in [0.25, 0.3) is 0 Å². The van der Waals surface area contributed by atoms with Crippen molar-refractivity contribution in [1.82, 2.24) is 9.88 Å². The maximum absolute atomic E-state index is 12.8. The van der Waals surface area contributed by atoms with Crippen molar-refractivity contribution in [3.8, 4) is 17.6 Å². The smallest absolute Gasteiger partial charge is 0.248 e. The fourth-order valence-electron chi connectivity index (χ4n) is 4.73. The molecule has 1 aliphatic rings. The van der Waals surface area contributed by atoms with Crippen molar-refractivity contribution in [3.63, 3.8) is 0 Å². The summed E-state index contributed by atoms with van der Waals surface area (Å²) in [5.74, 6) is 0.722. The first-order valence-corrected chi connectivity index (χ1v) is 14.7. The number of hydrogen-bond acceptors (Lipinski definition) is 8. The molecule has 1 fully saturated rings. The number of halogens is 1. The number of hydrogen-bond donors (Lipinski definition) is 2. The van der Waals surface area contributed by atoms with Gasteiger partial charge in [0, 0.05) is 42.4 Å². The van der Waals surface area contributed by atoms with E-state index in [2.05, 4.69) is 21.7 Å². The van der Waals surface area contributed by atoms with Crippen molar-refractivity contribution in [2.75, 3.05) is 44.5 Å². The Hall–Kier alpha value is -4.62. The molecular weight excluding hydrogens is 578 g/mol. The summed E-state index contributed by atoms with van der Waals surface area (Å²) in [5.41, 5.74) is 4.77. The predicted molar refractivity (Wildman–Crippen MR) is 173 cm³/mol. The third kappa shape index (κ3) is 7.66. The summed E-state index contributed by atoms with van der Waals surface area (Å²) in [6.45, 7) is 4.13. The number of carbonyl (C=O) groups excluding carboxylic acids is 1. The lowest BCUT2D eigenvalue weighted by Crippen LogP contribution is -2.18. The number of likely N-dealkylation sites (N-methyl/N-ethyl adjacent to an activating group) is 1. The molecule has 3 aromatic carbocycles. The van der Waals surface area contributed by atoms with E-state index in [9.17, 15) is 10.1 Å². The molecule has 0 radical (unpaired) electrons. The molecule has 226 valence electrons. The van der Waals surface area contributed by atoms with Gasteiger partial charge in [0.1, 0.15) is 30.3 Å². The van der Waals surface area contributed by atoms with Crippen LogP contribution >= 0.6 is 11.6 Å². The Morgan fingerprint density at radius 3 is 2.77 bits per heavy atom. The largest absolute Gasteiger partial charge is 0.487 e. The standard InChI is InChI=1S/C34H34ClN5O4/c1-22-7-4-5-8-23(22)20-43-31-11-10-25(15-28(31)35)38-34-24(18-36)19-37-29-17-32(44-26-12-14-42-21-26)30(16-27(29)34)39-33(41)9-6-13-40(2)3/h4-11,15-17,19,26H,12-14,20-21H2,1-3H3,(H,37,38)(H,39,41)/b9-6+/t26-/m0/s1. The Morgan fingerprint density at radius 1 is 1.20 bits per heavy atom. The number of nitrogens with zero attached hydrogens (tertiary/aromatic N) is 3. The number of aromatic nitrogens is 1. The highest BCUT2D eigenvalue weighted by Gasteiger charge is 2.21. The van der Waals surface area contributed by atoms with Crippen LogP contribution in [0.5, 0.6) is 11.5 Å². The van der Waals surface area contributed by atoms with Crippen molar-refractivity contribution in [1.29, 1.82) is 5.26 Å². The Bertz CT molecular complexity index is 1730. The average molecular weight is 612 g/mol. The van der Waals surface area contributed by atoms with Gasteiger partial charge >= 0.3 is 0 Å². The van der Waals surface area contributed by atoms with Crippen LogP contribution < -0.4 is 20.1 Å². The summed E-state index contributed by atoms with van der Waals surface area (Å²) in [7, 11) is 3.85. The highest BCUT2D eigenvalue weighted by molar-refractivity contribution is 6.32. The first-order valence-electron chi connectivity index (χ1n) is 14.3. The molecule has 0 unspecified atom stereocenters.